The van der Waals surface area contributed by atoms with Crippen molar-refractivity contribution in [2.24, 2.45) is 5.92 Å². The molecule has 2 aromatic rings. The molecule has 1 aliphatic rings. The standard InChI is InChI=1S/C15H19N5O3/c1-20-7-5-12(21)10(9-20)15(22)17-8-13-18-14(19-23-13)11-4-2-3-6-16-11/h2-4,6,10,12,21H,5,7-9H2,1H3,(H,17,22)/t10-,12-/m1/s1. The van der Waals surface area contributed by atoms with Crippen LogP contribution in [-0.4, -0.2) is 57.3 Å². The average Bonchev–Trinajstić information content (AvgIpc) is 3.05. The van der Waals surface area contributed by atoms with Gasteiger partial charge < -0.3 is 19.8 Å². The number of aliphatic hydroxyl groups excluding tert-OH is 1. The van der Waals surface area contributed by atoms with Crippen LogP contribution in [0.15, 0.2) is 28.9 Å². The van der Waals surface area contributed by atoms with Gasteiger partial charge in [-0.3, -0.25) is 9.78 Å². The SMILES string of the molecule is CN1CC[C@@H](O)[C@H](C(=O)NCc2nc(-c3ccccn3)no2)C1. The highest BCUT2D eigenvalue weighted by Gasteiger charge is 2.31. The molecular weight excluding hydrogens is 298 g/mol. The van der Waals surface area contributed by atoms with Crippen molar-refractivity contribution >= 4 is 5.91 Å². The number of aromatic nitrogens is 3. The lowest BCUT2D eigenvalue weighted by Crippen LogP contribution is -2.48. The van der Waals surface area contributed by atoms with Gasteiger partial charge in [-0.15, -0.1) is 0 Å². The fourth-order valence-electron chi connectivity index (χ4n) is 2.58. The van der Waals surface area contributed by atoms with Gasteiger partial charge in [0, 0.05) is 19.3 Å². The lowest BCUT2D eigenvalue weighted by molar-refractivity contribution is -0.131. The van der Waals surface area contributed by atoms with Gasteiger partial charge in [0.1, 0.15) is 5.69 Å². The lowest BCUT2D eigenvalue weighted by Gasteiger charge is -2.32. The average molecular weight is 317 g/mol. The normalized spacial score (nSPS) is 22.0. The minimum atomic E-state index is -0.613. The predicted molar refractivity (Wildman–Crippen MR) is 81.0 cm³/mol. The minimum Gasteiger partial charge on any atom is -0.392 e. The molecule has 2 atom stereocenters. The van der Waals surface area contributed by atoms with E-state index >= 15 is 0 Å². The molecule has 0 spiro atoms. The Morgan fingerprint density at radius 3 is 3.17 bits per heavy atom. The summed E-state index contributed by atoms with van der Waals surface area (Å²) in [5.74, 6) is 0.0403. The van der Waals surface area contributed by atoms with E-state index in [0.717, 1.165) is 6.54 Å². The molecule has 1 aliphatic heterocycles. The zero-order valence-electron chi connectivity index (χ0n) is 12.8. The van der Waals surface area contributed by atoms with Crippen molar-refractivity contribution in [2.75, 3.05) is 20.1 Å². The number of nitrogens with one attached hydrogen (secondary N) is 1. The second-order valence-electron chi connectivity index (χ2n) is 5.67. The van der Waals surface area contributed by atoms with Crippen molar-refractivity contribution in [2.45, 2.75) is 19.1 Å². The van der Waals surface area contributed by atoms with Crippen molar-refractivity contribution in [3.8, 4) is 11.5 Å². The summed E-state index contributed by atoms with van der Waals surface area (Å²) in [5, 5.41) is 16.5. The molecule has 1 fully saturated rings. The highest BCUT2D eigenvalue weighted by atomic mass is 16.5. The molecule has 0 aromatic carbocycles. The molecule has 0 unspecified atom stereocenters. The highest BCUT2D eigenvalue weighted by Crippen LogP contribution is 2.16. The first-order chi connectivity index (χ1) is 11.1. The molecule has 0 radical (unpaired) electrons. The number of likely N-dealkylation sites (tertiary alicyclic amines) is 1. The molecule has 8 nitrogen and oxygen atoms in total. The number of rotatable bonds is 4. The van der Waals surface area contributed by atoms with Gasteiger partial charge in [0.05, 0.1) is 18.6 Å². The number of carbonyl (C=O) groups excluding carboxylic acids is 1. The molecule has 1 saturated heterocycles. The Labute approximate surface area is 133 Å². The maximum absolute atomic E-state index is 12.2. The van der Waals surface area contributed by atoms with E-state index in [4.69, 9.17) is 4.52 Å². The summed E-state index contributed by atoms with van der Waals surface area (Å²) >= 11 is 0. The van der Waals surface area contributed by atoms with Crippen molar-refractivity contribution in [3.63, 3.8) is 0 Å². The second-order valence-corrected chi connectivity index (χ2v) is 5.67. The van der Waals surface area contributed by atoms with Crippen LogP contribution in [0.4, 0.5) is 0 Å². The van der Waals surface area contributed by atoms with Gasteiger partial charge in [-0.05, 0) is 25.6 Å². The smallest absolute Gasteiger partial charge is 0.246 e. The van der Waals surface area contributed by atoms with Gasteiger partial charge in [0.25, 0.3) is 0 Å². The Kier molecular flexibility index (Phi) is 4.63. The molecule has 0 aliphatic carbocycles. The topological polar surface area (TPSA) is 104 Å². The fourth-order valence-corrected chi connectivity index (χ4v) is 2.58. The zero-order chi connectivity index (χ0) is 16.2. The summed E-state index contributed by atoms with van der Waals surface area (Å²) < 4.78 is 5.12. The highest BCUT2D eigenvalue weighted by molar-refractivity contribution is 5.79. The van der Waals surface area contributed by atoms with Crippen molar-refractivity contribution in [1.82, 2.24) is 25.3 Å². The number of hydrogen-bond acceptors (Lipinski definition) is 7. The van der Waals surface area contributed by atoms with Crippen molar-refractivity contribution < 1.29 is 14.4 Å². The zero-order valence-corrected chi connectivity index (χ0v) is 12.8. The van der Waals surface area contributed by atoms with Crippen LogP contribution in [0, 0.1) is 5.92 Å². The maximum atomic E-state index is 12.2. The van der Waals surface area contributed by atoms with Crippen LogP contribution in [-0.2, 0) is 11.3 Å². The largest absolute Gasteiger partial charge is 0.392 e. The third-order valence-electron chi connectivity index (χ3n) is 3.89. The summed E-state index contributed by atoms with van der Waals surface area (Å²) in [6, 6.07) is 5.42. The van der Waals surface area contributed by atoms with E-state index in [2.05, 4.69) is 20.4 Å². The molecule has 8 heteroatoms. The van der Waals surface area contributed by atoms with Crippen LogP contribution >= 0.6 is 0 Å². The summed E-state index contributed by atoms with van der Waals surface area (Å²) in [7, 11) is 1.93. The first-order valence-electron chi connectivity index (χ1n) is 7.52. The first kappa shape index (κ1) is 15.6. The van der Waals surface area contributed by atoms with E-state index < -0.39 is 12.0 Å². The Bertz CT molecular complexity index is 660. The van der Waals surface area contributed by atoms with E-state index in [-0.39, 0.29) is 12.5 Å². The van der Waals surface area contributed by atoms with Crippen molar-refractivity contribution in [3.05, 3.63) is 30.3 Å². The summed E-state index contributed by atoms with van der Waals surface area (Å²) in [6.07, 6.45) is 1.63. The van der Waals surface area contributed by atoms with Crippen LogP contribution in [0.5, 0.6) is 0 Å². The molecule has 2 aromatic heterocycles. The van der Waals surface area contributed by atoms with Crippen LogP contribution in [0.3, 0.4) is 0 Å². The van der Waals surface area contributed by atoms with Gasteiger partial charge >= 0.3 is 0 Å². The molecule has 23 heavy (non-hydrogen) atoms. The van der Waals surface area contributed by atoms with E-state index in [9.17, 15) is 9.90 Å². The molecule has 2 N–H and O–H groups in total. The number of nitrogens with zero attached hydrogens (tertiary/aromatic N) is 4. The van der Waals surface area contributed by atoms with Crippen molar-refractivity contribution in [1.29, 1.82) is 0 Å². The van der Waals surface area contributed by atoms with Crippen LogP contribution in [0.2, 0.25) is 0 Å². The Hall–Kier alpha value is -2.32. The van der Waals surface area contributed by atoms with Crippen LogP contribution in [0.1, 0.15) is 12.3 Å². The Balaban J connectivity index is 1.58. The number of aliphatic hydroxyl groups is 1. The number of carbonyl (C=O) groups is 1. The molecule has 3 rings (SSSR count). The Morgan fingerprint density at radius 2 is 2.39 bits per heavy atom. The van der Waals surface area contributed by atoms with Crippen LogP contribution in [0.25, 0.3) is 11.5 Å². The fraction of sp³-hybridized carbons (Fsp3) is 0.467. The molecule has 3 heterocycles. The molecule has 0 saturated carbocycles. The van der Waals surface area contributed by atoms with Gasteiger partial charge in [0.15, 0.2) is 0 Å². The lowest BCUT2D eigenvalue weighted by atomic mass is 9.94. The van der Waals surface area contributed by atoms with E-state index in [1.54, 1.807) is 18.3 Å². The van der Waals surface area contributed by atoms with Gasteiger partial charge in [-0.1, -0.05) is 11.2 Å². The van der Waals surface area contributed by atoms with Gasteiger partial charge in [-0.25, -0.2) is 0 Å². The predicted octanol–water partition coefficient (Wildman–Crippen LogP) is 0.0604. The summed E-state index contributed by atoms with van der Waals surface area (Å²) in [4.78, 5) is 22.6. The number of pyridine rings is 1. The minimum absolute atomic E-state index is 0.131. The number of piperidine rings is 1. The third kappa shape index (κ3) is 3.72. The molecule has 0 bridgehead atoms. The second kappa shape index (κ2) is 6.84. The summed E-state index contributed by atoms with van der Waals surface area (Å²) in [5.41, 5.74) is 0.609. The number of amides is 1. The van der Waals surface area contributed by atoms with Gasteiger partial charge in [-0.2, -0.15) is 4.98 Å². The summed E-state index contributed by atoms with van der Waals surface area (Å²) in [6.45, 7) is 1.46. The first-order valence-corrected chi connectivity index (χ1v) is 7.52. The Morgan fingerprint density at radius 1 is 1.52 bits per heavy atom. The van der Waals surface area contributed by atoms with E-state index in [1.807, 2.05) is 18.0 Å². The van der Waals surface area contributed by atoms with E-state index in [1.165, 1.54) is 0 Å². The van der Waals surface area contributed by atoms with Crippen LogP contribution < -0.4 is 5.32 Å². The molecular formula is C15H19N5O3. The molecule has 1 amide bonds. The van der Waals surface area contributed by atoms with Gasteiger partial charge in [0.2, 0.25) is 17.6 Å². The monoisotopic (exact) mass is 317 g/mol. The third-order valence-corrected chi connectivity index (χ3v) is 3.89. The van der Waals surface area contributed by atoms with E-state index in [0.29, 0.717) is 30.4 Å². The maximum Gasteiger partial charge on any atom is 0.246 e. The number of hydrogen-bond donors (Lipinski definition) is 2. The molecule has 122 valence electrons. The quantitative estimate of drug-likeness (QED) is 0.821.